The van der Waals surface area contributed by atoms with Gasteiger partial charge in [-0.1, -0.05) is 17.8 Å². The lowest BCUT2D eigenvalue weighted by Gasteiger charge is -2.49. The van der Waals surface area contributed by atoms with E-state index in [1.807, 2.05) is 0 Å². The van der Waals surface area contributed by atoms with Crippen LogP contribution in [0.5, 0.6) is 11.5 Å². The Balaban J connectivity index is 1.36. The van der Waals surface area contributed by atoms with Crippen molar-refractivity contribution < 1.29 is 43.3 Å². The van der Waals surface area contributed by atoms with Crippen molar-refractivity contribution >= 4 is 75.6 Å². The number of aryl methyl sites for hydroxylation is 1. The fourth-order valence-electron chi connectivity index (χ4n) is 4.62. The van der Waals surface area contributed by atoms with Gasteiger partial charge in [0.1, 0.15) is 17.1 Å². The molecule has 246 valence electrons. The minimum Gasteiger partial charge on any atom is -0.477 e. The highest BCUT2D eigenvalue weighted by Gasteiger charge is 2.54. The van der Waals surface area contributed by atoms with Crippen LogP contribution in [0.15, 0.2) is 40.0 Å². The molecule has 18 nitrogen and oxygen atoms in total. The number of hydrogen-bond donors (Lipinski definition) is 4. The maximum absolute atomic E-state index is 13.7. The van der Waals surface area contributed by atoms with Crippen molar-refractivity contribution in [3.8, 4) is 11.5 Å². The average molecular weight is 704 g/mol. The van der Waals surface area contributed by atoms with E-state index in [1.165, 1.54) is 51.8 Å². The Labute approximate surface area is 277 Å². The topological polar surface area (TPSA) is 251 Å². The molecule has 5 rings (SSSR count). The number of thiazole rings is 1. The number of nitrogens with zero attached hydrogens (tertiary/aromatic N) is 6. The molecule has 5 N–H and O–H groups in total. The molecular formula is C26H25N9O9S3. The second-order valence-electron chi connectivity index (χ2n) is 9.86. The number of aliphatic carboxylic acids is 1. The van der Waals surface area contributed by atoms with E-state index < -0.39 is 53.1 Å². The number of fused-ring (bicyclic) bond motifs is 1. The predicted octanol–water partition coefficient (Wildman–Crippen LogP) is 0.101. The van der Waals surface area contributed by atoms with Crippen LogP contribution in [0.2, 0.25) is 0 Å². The Morgan fingerprint density at radius 2 is 1.94 bits per heavy atom. The molecule has 3 amide bonds. The van der Waals surface area contributed by atoms with Gasteiger partial charge >= 0.3 is 17.9 Å². The van der Waals surface area contributed by atoms with Crippen molar-refractivity contribution in [3.63, 3.8) is 0 Å². The van der Waals surface area contributed by atoms with E-state index in [2.05, 4.69) is 31.1 Å². The predicted molar refractivity (Wildman–Crippen MR) is 165 cm³/mol. The molecule has 3 aromatic rings. The molecule has 2 aromatic heterocycles. The number of para-hydroxylation sites is 1. The molecule has 0 saturated carbocycles. The van der Waals surface area contributed by atoms with Crippen LogP contribution in [0.25, 0.3) is 0 Å². The van der Waals surface area contributed by atoms with Gasteiger partial charge in [-0.25, -0.2) is 14.5 Å². The number of carbonyl (C=O) groups is 6. The number of β-lactam (4-membered cyclic amide) rings is 1. The fourth-order valence-corrected chi connectivity index (χ4v) is 7.54. The number of rotatable bonds is 11. The second kappa shape index (κ2) is 13.8. The molecular weight excluding hydrogens is 679 g/mol. The molecule has 21 heteroatoms. The molecule has 0 bridgehead atoms. The van der Waals surface area contributed by atoms with Crippen molar-refractivity contribution in [1.29, 1.82) is 0 Å². The van der Waals surface area contributed by atoms with Crippen LogP contribution in [0, 0.1) is 0 Å². The largest absolute Gasteiger partial charge is 0.477 e. The summed E-state index contributed by atoms with van der Waals surface area (Å²) in [5, 5.41) is 27.5. The number of hydrogen-bond acceptors (Lipinski definition) is 16. The number of amides is 3. The Kier molecular flexibility index (Phi) is 9.77. The number of tetrazole rings is 1. The highest BCUT2D eigenvalue weighted by molar-refractivity contribution is 8.01. The first-order chi connectivity index (χ1) is 22.3. The number of carboxylic acid groups (broad SMARTS) is 1. The summed E-state index contributed by atoms with van der Waals surface area (Å²) in [6.07, 6.45) is 0. The number of carboxylic acids is 1. The van der Waals surface area contributed by atoms with Crippen LogP contribution >= 0.6 is 34.9 Å². The van der Waals surface area contributed by atoms with E-state index in [4.69, 9.17) is 15.2 Å². The van der Waals surface area contributed by atoms with E-state index in [9.17, 15) is 33.9 Å². The van der Waals surface area contributed by atoms with Crippen LogP contribution in [0.3, 0.4) is 0 Å². The summed E-state index contributed by atoms with van der Waals surface area (Å²) in [7, 11) is 1.64. The minimum absolute atomic E-state index is 0.0483. The molecule has 1 saturated heterocycles. The molecule has 47 heavy (non-hydrogen) atoms. The quantitative estimate of drug-likeness (QED) is 0.0894. The van der Waals surface area contributed by atoms with Gasteiger partial charge in [0.2, 0.25) is 11.1 Å². The fraction of sp³-hybridized carbons (Fsp3) is 0.308. The van der Waals surface area contributed by atoms with E-state index in [0.717, 1.165) is 30.1 Å². The zero-order chi connectivity index (χ0) is 34.0. The van der Waals surface area contributed by atoms with Gasteiger partial charge in [0, 0.05) is 37.8 Å². The molecule has 0 aliphatic carbocycles. The molecule has 0 radical (unpaired) electrons. The first kappa shape index (κ1) is 33.3. The number of anilines is 1. The third-order valence-electron chi connectivity index (χ3n) is 6.60. The highest BCUT2D eigenvalue weighted by Crippen LogP contribution is 2.42. The van der Waals surface area contributed by atoms with Crippen LogP contribution in [-0.4, -0.2) is 93.7 Å². The Bertz CT molecular complexity index is 1820. The van der Waals surface area contributed by atoms with Gasteiger partial charge in [-0.3, -0.25) is 28.9 Å². The Morgan fingerprint density at radius 3 is 2.55 bits per heavy atom. The zero-order valence-electron chi connectivity index (χ0n) is 24.7. The lowest BCUT2D eigenvalue weighted by molar-refractivity contribution is -0.151. The third-order valence-corrected chi connectivity index (χ3v) is 9.73. The number of nitrogens with one attached hydrogen (secondary N) is 2. The van der Waals surface area contributed by atoms with Crippen LogP contribution in [0.4, 0.5) is 5.13 Å². The number of carbonyl (C=O) groups excluding carboxylic acids is 5. The van der Waals surface area contributed by atoms with Gasteiger partial charge in [0.05, 0.1) is 11.3 Å². The molecule has 0 spiro atoms. The Hall–Kier alpha value is -5.02. The molecule has 2 aliphatic rings. The second-order valence-corrected chi connectivity index (χ2v) is 12.8. The normalized spacial score (nSPS) is 17.7. The lowest BCUT2D eigenvalue weighted by Crippen LogP contribution is -2.71. The van der Waals surface area contributed by atoms with Gasteiger partial charge in [-0.15, -0.1) is 28.2 Å². The van der Waals surface area contributed by atoms with Gasteiger partial charge in [-0.05, 0) is 28.1 Å². The molecule has 1 fully saturated rings. The van der Waals surface area contributed by atoms with Crippen LogP contribution in [0.1, 0.15) is 35.9 Å². The maximum atomic E-state index is 13.7. The summed E-state index contributed by atoms with van der Waals surface area (Å²) < 4.78 is 11.7. The summed E-state index contributed by atoms with van der Waals surface area (Å²) in [5.41, 5.74) is 5.89. The van der Waals surface area contributed by atoms with Crippen LogP contribution < -0.4 is 25.8 Å². The lowest BCUT2D eigenvalue weighted by atomic mass is 10.0. The minimum atomic E-state index is -1.49. The number of thioether (sulfide) groups is 2. The highest BCUT2D eigenvalue weighted by atomic mass is 32.2. The Morgan fingerprint density at radius 1 is 1.19 bits per heavy atom. The van der Waals surface area contributed by atoms with Gasteiger partial charge in [0.25, 0.3) is 11.8 Å². The van der Waals surface area contributed by atoms with Gasteiger partial charge < -0.3 is 30.9 Å². The number of nitrogen functional groups attached to an aromatic ring is 1. The van der Waals surface area contributed by atoms with Crippen molar-refractivity contribution in [2.75, 3.05) is 17.2 Å². The first-order valence-corrected chi connectivity index (χ1v) is 16.3. The standard InChI is InChI=1S/C26H25N9O9S3/c1-10(36)43-15-6-4-5-13(19(15)44-11(2)37)20(38)29-16(14-9-46-25(27)28-14)21(39)30-17-22(40)35-18(24(41)42)12(7-45-23(17)35)8-47-26-31-32-33-34(26)3/h4-6,9,16-17,23H,7-8H2,1-3H3,(H2,27,28)(H,29,38)(H,30,39)(H,41,42)/t16?,17-,23+/m1/s1. The van der Waals surface area contributed by atoms with Crippen molar-refractivity contribution in [2.45, 2.75) is 36.5 Å². The van der Waals surface area contributed by atoms with Crippen molar-refractivity contribution in [3.05, 3.63) is 46.1 Å². The summed E-state index contributed by atoms with van der Waals surface area (Å²) in [4.78, 5) is 81.4. The number of esters is 2. The van der Waals surface area contributed by atoms with E-state index in [1.54, 1.807) is 7.05 Å². The molecule has 3 atom stereocenters. The summed E-state index contributed by atoms with van der Waals surface area (Å²) >= 11 is 3.47. The number of nitrogens with two attached hydrogens (primary N) is 1. The molecule has 2 aliphatic heterocycles. The van der Waals surface area contributed by atoms with E-state index in [-0.39, 0.29) is 45.1 Å². The van der Waals surface area contributed by atoms with Gasteiger partial charge in [0.15, 0.2) is 22.7 Å². The third kappa shape index (κ3) is 7.05. The molecule has 1 aromatic carbocycles. The zero-order valence-corrected chi connectivity index (χ0v) is 27.1. The SMILES string of the molecule is CC(=O)Oc1cccc(C(=O)NC(C(=O)N[C@@H]2C(=O)N3C(C(=O)O)=C(CSc4nnnn4C)CS[C@@H]23)c2csc(N)n2)c1OC(C)=O. The van der Waals surface area contributed by atoms with Crippen molar-refractivity contribution in [2.24, 2.45) is 7.05 Å². The molecule has 1 unspecified atom stereocenters. The smallest absolute Gasteiger partial charge is 0.352 e. The average Bonchev–Trinajstić information content (AvgIpc) is 3.64. The maximum Gasteiger partial charge on any atom is 0.352 e. The van der Waals surface area contributed by atoms with Crippen molar-refractivity contribution in [1.82, 2.24) is 40.7 Å². The number of ether oxygens (including phenoxy) is 2. The monoisotopic (exact) mass is 703 g/mol. The number of benzene rings is 1. The van der Waals surface area contributed by atoms with Crippen LogP contribution in [-0.2, 0) is 31.0 Å². The number of aromatic nitrogens is 5. The summed E-state index contributed by atoms with van der Waals surface area (Å²) in [6, 6.07) is 1.36. The summed E-state index contributed by atoms with van der Waals surface area (Å²) in [5.74, 6) is -5.36. The van der Waals surface area contributed by atoms with Gasteiger partial charge in [-0.2, -0.15) is 0 Å². The molecule has 4 heterocycles. The first-order valence-electron chi connectivity index (χ1n) is 13.4. The van der Waals surface area contributed by atoms with E-state index in [0.29, 0.717) is 10.7 Å². The summed E-state index contributed by atoms with van der Waals surface area (Å²) in [6.45, 7) is 2.21. The van der Waals surface area contributed by atoms with E-state index >= 15 is 0 Å².